The smallest absolute Gasteiger partial charge is 0.335 e. The average molecular weight is 380 g/mol. The van der Waals surface area contributed by atoms with Gasteiger partial charge < -0.3 is 10.2 Å². The third kappa shape index (κ3) is 4.77. The van der Waals surface area contributed by atoms with Crippen LogP contribution in [0.15, 0.2) is 27.6 Å². The van der Waals surface area contributed by atoms with Crippen molar-refractivity contribution in [2.24, 2.45) is 0 Å². The van der Waals surface area contributed by atoms with Crippen LogP contribution >= 0.6 is 15.9 Å². The Hall–Kier alpha value is -0.960. The number of rotatable bonds is 8. The lowest BCUT2D eigenvalue weighted by Gasteiger charge is -2.18. The Kier molecular flexibility index (Phi) is 6.79. The van der Waals surface area contributed by atoms with Gasteiger partial charge in [-0.3, -0.25) is 0 Å². The summed E-state index contributed by atoms with van der Waals surface area (Å²) in [7, 11) is -2.30. The molecular formula is C13H18BrNO5S. The number of benzene rings is 1. The van der Waals surface area contributed by atoms with Crippen LogP contribution in [0.4, 0.5) is 0 Å². The van der Waals surface area contributed by atoms with Crippen molar-refractivity contribution in [3.05, 3.63) is 28.2 Å². The maximum absolute atomic E-state index is 12.4. The molecule has 0 aromatic heterocycles. The first-order valence-corrected chi connectivity index (χ1v) is 8.64. The lowest BCUT2D eigenvalue weighted by molar-refractivity contribution is 0.0696. The third-order valence-electron chi connectivity index (χ3n) is 3.00. The molecule has 0 aliphatic heterocycles. The van der Waals surface area contributed by atoms with Gasteiger partial charge in [-0.05, 0) is 53.4 Å². The van der Waals surface area contributed by atoms with E-state index in [2.05, 4.69) is 15.9 Å². The molecule has 0 aliphatic carbocycles. The number of nitrogens with zero attached hydrogens (tertiary/aromatic N) is 1. The zero-order valence-electron chi connectivity index (χ0n) is 11.6. The summed E-state index contributed by atoms with van der Waals surface area (Å²) in [6.45, 7) is 0.398. The number of aliphatic hydroxyl groups is 1. The predicted octanol–water partition coefficient (Wildman–Crippen LogP) is 1.93. The van der Waals surface area contributed by atoms with Crippen molar-refractivity contribution in [2.75, 3.05) is 20.2 Å². The van der Waals surface area contributed by atoms with E-state index in [0.29, 0.717) is 23.9 Å². The average Bonchev–Trinajstić information content (AvgIpc) is 2.43. The van der Waals surface area contributed by atoms with E-state index in [1.54, 1.807) is 0 Å². The Morgan fingerprint density at radius 2 is 1.95 bits per heavy atom. The molecule has 1 rings (SSSR count). The van der Waals surface area contributed by atoms with Crippen LogP contribution in [-0.4, -0.2) is 49.1 Å². The number of carboxylic acid groups (broad SMARTS) is 1. The van der Waals surface area contributed by atoms with Gasteiger partial charge in [-0.2, -0.15) is 0 Å². The summed E-state index contributed by atoms with van der Waals surface area (Å²) >= 11 is 3.14. The number of aliphatic hydroxyl groups excluding tert-OH is 1. The molecule has 0 heterocycles. The molecule has 0 aliphatic rings. The molecule has 1 aromatic carbocycles. The van der Waals surface area contributed by atoms with Crippen molar-refractivity contribution in [2.45, 2.75) is 24.2 Å². The summed E-state index contributed by atoms with van der Waals surface area (Å²) in [4.78, 5) is 10.9. The van der Waals surface area contributed by atoms with E-state index in [0.717, 1.165) is 12.5 Å². The molecule has 1 aromatic rings. The molecule has 0 spiro atoms. The van der Waals surface area contributed by atoms with E-state index in [1.165, 1.54) is 23.5 Å². The Balaban J connectivity index is 2.96. The first-order chi connectivity index (χ1) is 9.80. The van der Waals surface area contributed by atoms with E-state index >= 15 is 0 Å². The summed E-state index contributed by atoms with van der Waals surface area (Å²) < 4.78 is 26.4. The van der Waals surface area contributed by atoms with Crippen LogP contribution in [-0.2, 0) is 10.0 Å². The van der Waals surface area contributed by atoms with Crippen LogP contribution < -0.4 is 0 Å². The van der Waals surface area contributed by atoms with Crippen molar-refractivity contribution in [1.82, 2.24) is 4.31 Å². The summed E-state index contributed by atoms with van der Waals surface area (Å²) in [5, 5.41) is 17.7. The minimum Gasteiger partial charge on any atom is -0.478 e. The molecule has 0 amide bonds. The van der Waals surface area contributed by atoms with Gasteiger partial charge in [0.25, 0.3) is 0 Å². The van der Waals surface area contributed by atoms with Gasteiger partial charge in [-0.15, -0.1) is 0 Å². The van der Waals surface area contributed by atoms with Crippen LogP contribution in [0.3, 0.4) is 0 Å². The number of carboxylic acids is 1. The summed E-state index contributed by atoms with van der Waals surface area (Å²) in [5.41, 5.74) is -0.0783. The maximum Gasteiger partial charge on any atom is 0.335 e. The van der Waals surface area contributed by atoms with Crippen LogP contribution in [0.1, 0.15) is 29.6 Å². The zero-order valence-corrected chi connectivity index (χ0v) is 14.0. The van der Waals surface area contributed by atoms with E-state index in [4.69, 9.17) is 10.2 Å². The lowest BCUT2D eigenvalue weighted by Crippen LogP contribution is -2.28. The summed E-state index contributed by atoms with van der Waals surface area (Å²) in [6.07, 6.45) is 1.99. The number of halogens is 1. The van der Waals surface area contributed by atoms with Gasteiger partial charge in [0.05, 0.1) is 10.5 Å². The highest BCUT2D eigenvalue weighted by Gasteiger charge is 2.24. The van der Waals surface area contributed by atoms with Crippen LogP contribution in [0, 0.1) is 0 Å². The number of hydrogen-bond acceptors (Lipinski definition) is 4. The van der Waals surface area contributed by atoms with Gasteiger partial charge in [0.15, 0.2) is 0 Å². The van der Waals surface area contributed by atoms with Crippen molar-refractivity contribution in [3.8, 4) is 0 Å². The standard InChI is InChI=1S/C13H18BrNO5S/c1-15(7-3-2-4-8-16)21(19,20)12-9-10(13(17)18)5-6-11(12)14/h5-6,9,16H,2-4,7-8H2,1H3,(H,17,18). The van der Waals surface area contributed by atoms with E-state index in [-0.39, 0.29) is 17.1 Å². The van der Waals surface area contributed by atoms with Gasteiger partial charge in [-0.25, -0.2) is 17.5 Å². The van der Waals surface area contributed by atoms with Gasteiger partial charge in [-0.1, -0.05) is 0 Å². The minimum absolute atomic E-state index is 0.0629. The summed E-state index contributed by atoms with van der Waals surface area (Å²) in [5.74, 6) is -1.18. The quantitative estimate of drug-likeness (QED) is 0.672. The Morgan fingerprint density at radius 3 is 2.52 bits per heavy atom. The maximum atomic E-state index is 12.4. The molecule has 0 saturated heterocycles. The van der Waals surface area contributed by atoms with Crippen molar-refractivity contribution in [1.29, 1.82) is 0 Å². The second-order valence-electron chi connectivity index (χ2n) is 4.56. The monoisotopic (exact) mass is 379 g/mol. The fourth-order valence-electron chi connectivity index (χ4n) is 1.75. The number of sulfonamides is 1. The Morgan fingerprint density at radius 1 is 1.29 bits per heavy atom. The third-order valence-corrected chi connectivity index (χ3v) is 5.85. The van der Waals surface area contributed by atoms with E-state index in [9.17, 15) is 13.2 Å². The fourth-order valence-corrected chi connectivity index (χ4v) is 3.90. The SMILES string of the molecule is CN(CCCCCO)S(=O)(=O)c1cc(C(=O)O)ccc1Br. The van der Waals surface area contributed by atoms with Crippen molar-refractivity contribution < 1.29 is 23.4 Å². The van der Waals surface area contributed by atoms with Crippen molar-refractivity contribution in [3.63, 3.8) is 0 Å². The second-order valence-corrected chi connectivity index (χ2v) is 7.43. The molecule has 21 heavy (non-hydrogen) atoms. The molecule has 6 nitrogen and oxygen atoms in total. The normalized spacial score (nSPS) is 11.8. The highest BCUT2D eigenvalue weighted by atomic mass is 79.9. The lowest BCUT2D eigenvalue weighted by atomic mass is 10.2. The molecule has 2 N–H and O–H groups in total. The molecule has 8 heteroatoms. The number of hydrogen-bond donors (Lipinski definition) is 2. The van der Waals surface area contributed by atoms with Crippen LogP contribution in [0.5, 0.6) is 0 Å². The van der Waals surface area contributed by atoms with E-state index in [1.807, 2.05) is 0 Å². The van der Waals surface area contributed by atoms with Gasteiger partial charge in [0.1, 0.15) is 0 Å². The van der Waals surface area contributed by atoms with Crippen LogP contribution in [0.25, 0.3) is 0 Å². The molecule has 0 atom stereocenters. The fraction of sp³-hybridized carbons (Fsp3) is 0.462. The first kappa shape index (κ1) is 18.1. The molecule has 0 unspecified atom stereocenters. The number of carbonyl (C=O) groups is 1. The van der Waals surface area contributed by atoms with Gasteiger partial charge in [0.2, 0.25) is 10.0 Å². The molecule has 0 bridgehead atoms. The molecule has 0 radical (unpaired) electrons. The molecular weight excluding hydrogens is 362 g/mol. The molecule has 0 fully saturated rings. The number of aromatic carboxylic acids is 1. The van der Waals surface area contributed by atoms with Crippen LogP contribution in [0.2, 0.25) is 0 Å². The number of unbranched alkanes of at least 4 members (excludes halogenated alkanes) is 2. The van der Waals surface area contributed by atoms with E-state index < -0.39 is 16.0 Å². The highest BCUT2D eigenvalue weighted by molar-refractivity contribution is 9.10. The molecule has 118 valence electrons. The van der Waals surface area contributed by atoms with Crippen molar-refractivity contribution >= 4 is 31.9 Å². The molecule has 0 saturated carbocycles. The predicted molar refractivity (Wildman–Crippen MR) is 81.9 cm³/mol. The topological polar surface area (TPSA) is 94.9 Å². The Bertz CT molecular complexity index is 603. The van der Waals surface area contributed by atoms with Gasteiger partial charge >= 0.3 is 5.97 Å². The van der Waals surface area contributed by atoms with Gasteiger partial charge in [0, 0.05) is 24.7 Å². The zero-order chi connectivity index (χ0) is 16.0. The first-order valence-electron chi connectivity index (χ1n) is 6.40. The largest absolute Gasteiger partial charge is 0.478 e. The second kappa shape index (κ2) is 7.88. The summed E-state index contributed by atoms with van der Waals surface area (Å²) in [6, 6.07) is 3.90. The Labute approximate surface area is 132 Å². The highest BCUT2D eigenvalue weighted by Crippen LogP contribution is 2.26. The minimum atomic E-state index is -3.75.